The zero-order valence-corrected chi connectivity index (χ0v) is 14.1. The summed E-state index contributed by atoms with van der Waals surface area (Å²) in [5, 5.41) is 7.97. The SMILES string of the molecule is O=C(NCc1cccs1)NC[C@H]([C@@H]1CCOC1)N1CCOCC1. The van der Waals surface area contributed by atoms with Crippen LogP contribution in [0, 0.1) is 5.92 Å². The largest absolute Gasteiger partial charge is 0.381 e. The molecule has 3 rings (SSSR count). The molecule has 0 aromatic carbocycles. The molecule has 2 aliphatic rings. The summed E-state index contributed by atoms with van der Waals surface area (Å²) < 4.78 is 11.0. The van der Waals surface area contributed by atoms with Gasteiger partial charge in [0.15, 0.2) is 0 Å². The van der Waals surface area contributed by atoms with Gasteiger partial charge < -0.3 is 20.1 Å². The minimum absolute atomic E-state index is 0.101. The normalized spacial score (nSPS) is 23.6. The van der Waals surface area contributed by atoms with Crippen LogP contribution in [0.4, 0.5) is 4.79 Å². The molecule has 2 atom stereocenters. The van der Waals surface area contributed by atoms with Crippen molar-refractivity contribution >= 4 is 17.4 Å². The third-order valence-electron chi connectivity index (χ3n) is 4.50. The Balaban J connectivity index is 1.47. The van der Waals surface area contributed by atoms with Crippen molar-refractivity contribution in [2.45, 2.75) is 19.0 Å². The number of ether oxygens (including phenoxy) is 2. The molecule has 2 fully saturated rings. The lowest BCUT2D eigenvalue weighted by molar-refractivity contribution is 0.00212. The summed E-state index contributed by atoms with van der Waals surface area (Å²) in [6.45, 7) is 6.27. The molecule has 1 aromatic rings. The first kappa shape index (κ1) is 16.7. The number of carbonyl (C=O) groups excluding carboxylic acids is 1. The van der Waals surface area contributed by atoms with Gasteiger partial charge in [0.2, 0.25) is 0 Å². The predicted octanol–water partition coefficient (Wildman–Crippen LogP) is 1.28. The van der Waals surface area contributed by atoms with E-state index in [-0.39, 0.29) is 6.03 Å². The second kappa shape index (κ2) is 8.63. The van der Waals surface area contributed by atoms with Crippen molar-refractivity contribution < 1.29 is 14.3 Å². The summed E-state index contributed by atoms with van der Waals surface area (Å²) >= 11 is 1.65. The lowest BCUT2D eigenvalue weighted by atomic mass is 9.97. The molecule has 0 spiro atoms. The number of thiophene rings is 1. The minimum Gasteiger partial charge on any atom is -0.381 e. The van der Waals surface area contributed by atoms with E-state index in [0.29, 0.717) is 25.0 Å². The molecular weight excluding hydrogens is 314 g/mol. The summed E-state index contributed by atoms with van der Waals surface area (Å²) in [5.74, 6) is 0.491. The van der Waals surface area contributed by atoms with Gasteiger partial charge in [0.25, 0.3) is 0 Å². The standard InChI is InChI=1S/C16H25N3O3S/c20-16(17-10-14-2-1-9-23-14)18-11-15(13-3-6-22-12-13)19-4-7-21-8-5-19/h1-2,9,13,15H,3-8,10-12H2,(H2,17,18,20)/t13-,15-/m1/s1. The fourth-order valence-electron chi connectivity index (χ4n) is 3.20. The summed E-state index contributed by atoms with van der Waals surface area (Å²) in [7, 11) is 0. The van der Waals surface area contributed by atoms with Gasteiger partial charge in [-0.15, -0.1) is 11.3 Å². The first-order chi connectivity index (χ1) is 11.3. The van der Waals surface area contributed by atoms with Crippen molar-refractivity contribution in [2.24, 2.45) is 5.92 Å². The average molecular weight is 339 g/mol. The molecule has 23 heavy (non-hydrogen) atoms. The van der Waals surface area contributed by atoms with E-state index in [4.69, 9.17) is 9.47 Å². The van der Waals surface area contributed by atoms with Crippen molar-refractivity contribution in [2.75, 3.05) is 46.1 Å². The first-order valence-corrected chi connectivity index (χ1v) is 9.14. The van der Waals surface area contributed by atoms with Crippen LogP contribution in [0.2, 0.25) is 0 Å². The van der Waals surface area contributed by atoms with Crippen LogP contribution in [-0.2, 0) is 16.0 Å². The molecule has 128 valence electrons. The van der Waals surface area contributed by atoms with Crippen LogP contribution in [0.25, 0.3) is 0 Å². The molecule has 2 N–H and O–H groups in total. The van der Waals surface area contributed by atoms with E-state index in [2.05, 4.69) is 15.5 Å². The average Bonchev–Trinajstić information content (AvgIpc) is 3.28. The van der Waals surface area contributed by atoms with Crippen LogP contribution >= 0.6 is 11.3 Å². The number of morpholine rings is 1. The monoisotopic (exact) mass is 339 g/mol. The Morgan fingerprint density at radius 1 is 1.30 bits per heavy atom. The molecule has 0 bridgehead atoms. The van der Waals surface area contributed by atoms with E-state index in [9.17, 15) is 4.79 Å². The van der Waals surface area contributed by atoms with Crippen molar-refractivity contribution in [3.05, 3.63) is 22.4 Å². The van der Waals surface area contributed by atoms with Gasteiger partial charge in [0.1, 0.15) is 0 Å². The number of hydrogen-bond acceptors (Lipinski definition) is 5. The van der Waals surface area contributed by atoms with Gasteiger partial charge in [-0.25, -0.2) is 4.79 Å². The number of rotatable bonds is 6. The quantitative estimate of drug-likeness (QED) is 0.820. The number of carbonyl (C=O) groups is 1. The maximum atomic E-state index is 12.0. The Kier molecular flexibility index (Phi) is 6.27. The Bertz CT molecular complexity index is 471. The summed E-state index contributed by atoms with van der Waals surface area (Å²) in [6.07, 6.45) is 1.07. The molecule has 0 saturated carbocycles. The minimum atomic E-state index is -0.101. The Morgan fingerprint density at radius 3 is 2.87 bits per heavy atom. The van der Waals surface area contributed by atoms with Crippen LogP contribution in [0.3, 0.4) is 0 Å². The Morgan fingerprint density at radius 2 is 2.17 bits per heavy atom. The highest BCUT2D eigenvalue weighted by atomic mass is 32.1. The number of nitrogens with one attached hydrogen (secondary N) is 2. The zero-order valence-electron chi connectivity index (χ0n) is 13.3. The van der Waals surface area contributed by atoms with Crippen molar-refractivity contribution in [1.82, 2.24) is 15.5 Å². The number of nitrogens with zero attached hydrogens (tertiary/aromatic N) is 1. The molecule has 3 heterocycles. The highest BCUT2D eigenvalue weighted by Crippen LogP contribution is 2.21. The van der Waals surface area contributed by atoms with Crippen LogP contribution in [0.1, 0.15) is 11.3 Å². The summed E-state index contributed by atoms with van der Waals surface area (Å²) in [6, 6.07) is 4.25. The van der Waals surface area contributed by atoms with E-state index in [1.54, 1.807) is 11.3 Å². The predicted molar refractivity (Wildman–Crippen MR) is 89.7 cm³/mol. The van der Waals surface area contributed by atoms with Crippen molar-refractivity contribution in [1.29, 1.82) is 0 Å². The van der Waals surface area contributed by atoms with Crippen molar-refractivity contribution in [3.8, 4) is 0 Å². The van der Waals surface area contributed by atoms with Gasteiger partial charge in [0, 0.05) is 43.1 Å². The maximum Gasteiger partial charge on any atom is 0.315 e. The first-order valence-electron chi connectivity index (χ1n) is 8.26. The second-order valence-corrected chi connectivity index (χ2v) is 7.01. The topological polar surface area (TPSA) is 62.8 Å². The molecule has 0 radical (unpaired) electrons. The molecule has 2 amide bonds. The smallest absolute Gasteiger partial charge is 0.315 e. The number of hydrogen-bond donors (Lipinski definition) is 2. The van der Waals surface area contributed by atoms with E-state index in [1.165, 1.54) is 0 Å². The van der Waals surface area contributed by atoms with Gasteiger partial charge in [-0.1, -0.05) is 6.07 Å². The van der Waals surface area contributed by atoms with E-state index >= 15 is 0 Å². The van der Waals surface area contributed by atoms with Gasteiger partial charge >= 0.3 is 6.03 Å². The van der Waals surface area contributed by atoms with E-state index in [1.807, 2.05) is 17.5 Å². The van der Waals surface area contributed by atoms with Crippen LogP contribution in [-0.4, -0.2) is 63.0 Å². The molecule has 2 saturated heterocycles. The van der Waals surface area contributed by atoms with Crippen molar-refractivity contribution in [3.63, 3.8) is 0 Å². The highest BCUT2D eigenvalue weighted by molar-refractivity contribution is 7.09. The summed E-state index contributed by atoms with van der Waals surface area (Å²) in [4.78, 5) is 15.6. The number of urea groups is 1. The van der Waals surface area contributed by atoms with Gasteiger partial charge in [-0.3, -0.25) is 4.90 Å². The van der Waals surface area contributed by atoms with E-state index < -0.39 is 0 Å². The fraction of sp³-hybridized carbons (Fsp3) is 0.688. The Hall–Kier alpha value is -1.15. The fourth-order valence-corrected chi connectivity index (χ4v) is 3.84. The van der Waals surface area contributed by atoms with Crippen LogP contribution < -0.4 is 10.6 Å². The van der Waals surface area contributed by atoms with Crippen LogP contribution in [0.15, 0.2) is 17.5 Å². The molecule has 7 heteroatoms. The molecule has 0 aliphatic carbocycles. The molecule has 6 nitrogen and oxygen atoms in total. The molecule has 0 unspecified atom stereocenters. The lowest BCUT2D eigenvalue weighted by Gasteiger charge is -2.37. The molecule has 2 aliphatic heterocycles. The summed E-state index contributed by atoms with van der Waals surface area (Å²) in [5.41, 5.74) is 0. The number of amides is 2. The Labute approximate surface area is 141 Å². The third kappa shape index (κ3) is 4.91. The van der Waals surface area contributed by atoms with Crippen LogP contribution in [0.5, 0.6) is 0 Å². The molecule has 1 aromatic heterocycles. The molecular formula is C16H25N3O3S. The maximum absolute atomic E-state index is 12.0. The van der Waals surface area contributed by atoms with Gasteiger partial charge in [-0.05, 0) is 17.9 Å². The highest BCUT2D eigenvalue weighted by Gasteiger charge is 2.31. The van der Waals surface area contributed by atoms with E-state index in [0.717, 1.165) is 50.8 Å². The zero-order chi connectivity index (χ0) is 15.9. The lowest BCUT2D eigenvalue weighted by Crippen LogP contribution is -2.53. The second-order valence-electron chi connectivity index (χ2n) is 5.98. The van der Waals surface area contributed by atoms with Gasteiger partial charge in [0.05, 0.1) is 26.4 Å². The van der Waals surface area contributed by atoms with Gasteiger partial charge in [-0.2, -0.15) is 0 Å². The third-order valence-corrected chi connectivity index (χ3v) is 5.38.